The van der Waals surface area contributed by atoms with Gasteiger partial charge in [-0.1, -0.05) is 17.7 Å². The lowest BCUT2D eigenvalue weighted by molar-refractivity contribution is -0.653. The number of aromatic nitrogens is 2. The predicted molar refractivity (Wildman–Crippen MR) is 157 cm³/mol. The van der Waals surface area contributed by atoms with E-state index in [0.717, 1.165) is 37.9 Å². The van der Waals surface area contributed by atoms with Gasteiger partial charge >= 0.3 is 0 Å². The fourth-order valence-electron chi connectivity index (χ4n) is 6.52. The molecule has 2 aliphatic rings. The van der Waals surface area contributed by atoms with E-state index in [9.17, 15) is 0 Å². The standard InChI is InChI=1S/C33H40N4O/c1-22-12-14-29-26(20-22)32(24-8-4-6-10-28(24)36-29)34-16-18-38-19-17-35-33-25-9-5-7-11-30(25)37(3)31-15-13-23(2)21-27(31)33/h12-15,20-21H,4-11,16-19H2,1-3H3,(H,34,36)/p+1. The fraction of sp³-hybridized carbons (Fsp3) is 0.455. The van der Waals surface area contributed by atoms with Gasteiger partial charge < -0.3 is 15.4 Å². The van der Waals surface area contributed by atoms with Crippen LogP contribution in [0.3, 0.4) is 0 Å². The van der Waals surface area contributed by atoms with Gasteiger partial charge in [0.15, 0.2) is 5.69 Å². The zero-order chi connectivity index (χ0) is 26.1. The van der Waals surface area contributed by atoms with E-state index >= 15 is 0 Å². The maximum atomic E-state index is 6.11. The Kier molecular flexibility index (Phi) is 7.20. The van der Waals surface area contributed by atoms with Gasteiger partial charge in [0, 0.05) is 47.9 Å². The highest BCUT2D eigenvalue weighted by atomic mass is 16.5. The molecule has 0 atom stereocenters. The number of nitrogens with one attached hydrogen (secondary N) is 2. The SMILES string of the molecule is Cc1ccc2nc3c(c(NCCOCCNc4c5c([n+](C)c6ccc(C)cc46)CCCC5)c2c1)CCCC3. The summed E-state index contributed by atoms with van der Waals surface area (Å²) in [7, 11) is 2.23. The quantitative estimate of drug-likeness (QED) is 0.222. The van der Waals surface area contributed by atoms with E-state index in [1.54, 1.807) is 0 Å². The Bertz CT molecular complexity index is 1490. The summed E-state index contributed by atoms with van der Waals surface area (Å²) in [6.07, 6.45) is 9.57. The molecule has 6 rings (SSSR count). The maximum absolute atomic E-state index is 6.11. The monoisotopic (exact) mass is 509 g/mol. The van der Waals surface area contributed by atoms with Crippen molar-refractivity contribution < 1.29 is 9.30 Å². The van der Waals surface area contributed by atoms with Gasteiger partial charge in [0.05, 0.1) is 29.8 Å². The zero-order valence-corrected chi connectivity index (χ0v) is 23.3. The molecule has 2 aromatic carbocycles. The minimum Gasteiger partial charge on any atom is -0.382 e. The molecule has 2 heterocycles. The first-order chi connectivity index (χ1) is 18.6. The first kappa shape index (κ1) is 25.1. The van der Waals surface area contributed by atoms with Crippen molar-refractivity contribution in [3.8, 4) is 0 Å². The van der Waals surface area contributed by atoms with Crippen LogP contribution in [-0.4, -0.2) is 31.3 Å². The molecular weight excluding hydrogens is 468 g/mol. The summed E-state index contributed by atoms with van der Waals surface area (Å²) in [5, 5.41) is 10.1. The fourth-order valence-corrected chi connectivity index (χ4v) is 6.52. The third-order valence-corrected chi connectivity index (χ3v) is 8.44. The van der Waals surface area contributed by atoms with Gasteiger partial charge in [-0.2, -0.15) is 4.57 Å². The van der Waals surface area contributed by atoms with E-state index in [-0.39, 0.29) is 0 Å². The van der Waals surface area contributed by atoms with Crippen molar-refractivity contribution in [2.24, 2.45) is 7.05 Å². The van der Waals surface area contributed by atoms with Crippen LogP contribution in [0, 0.1) is 13.8 Å². The molecule has 198 valence electrons. The molecule has 2 aromatic heterocycles. The minimum atomic E-state index is 0.688. The van der Waals surface area contributed by atoms with Crippen molar-refractivity contribution in [2.75, 3.05) is 36.9 Å². The van der Waals surface area contributed by atoms with E-state index in [1.807, 2.05) is 0 Å². The number of aryl methyl sites for hydroxylation is 4. The zero-order valence-electron chi connectivity index (χ0n) is 23.3. The molecule has 5 heteroatoms. The average Bonchev–Trinajstić information content (AvgIpc) is 2.93. The first-order valence-electron chi connectivity index (χ1n) is 14.5. The second kappa shape index (κ2) is 10.9. The number of benzene rings is 2. The molecule has 0 amide bonds. The van der Waals surface area contributed by atoms with Crippen molar-refractivity contribution in [1.82, 2.24) is 4.98 Å². The number of pyridine rings is 2. The van der Waals surface area contributed by atoms with Gasteiger partial charge in [-0.25, -0.2) is 0 Å². The maximum Gasteiger partial charge on any atom is 0.214 e. The first-order valence-corrected chi connectivity index (χ1v) is 14.5. The normalized spacial score (nSPS) is 14.9. The Labute approximate surface area is 226 Å². The van der Waals surface area contributed by atoms with Gasteiger partial charge in [0.2, 0.25) is 5.52 Å². The topological polar surface area (TPSA) is 50.1 Å². The molecule has 0 unspecified atom stereocenters. The second-order valence-electron chi connectivity index (χ2n) is 11.2. The molecule has 0 aliphatic heterocycles. The van der Waals surface area contributed by atoms with Crippen LogP contribution in [-0.2, 0) is 37.5 Å². The lowest BCUT2D eigenvalue weighted by Gasteiger charge is -2.22. The Balaban J connectivity index is 1.11. The summed E-state index contributed by atoms with van der Waals surface area (Å²) in [6, 6.07) is 13.4. The number of anilines is 2. The molecule has 0 bridgehead atoms. The van der Waals surface area contributed by atoms with Gasteiger partial charge in [0.1, 0.15) is 7.05 Å². The molecule has 0 spiro atoms. The lowest BCUT2D eigenvalue weighted by atomic mass is 9.91. The number of fused-ring (bicyclic) bond motifs is 4. The van der Waals surface area contributed by atoms with E-state index < -0.39 is 0 Å². The number of ether oxygens (including phenoxy) is 1. The van der Waals surface area contributed by atoms with Crippen LogP contribution in [0.4, 0.5) is 11.4 Å². The molecule has 4 aromatic rings. The summed E-state index contributed by atoms with van der Waals surface area (Å²) < 4.78 is 8.53. The highest BCUT2D eigenvalue weighted by Gasteiger charge is 2.26. The Hall–Kier alpha value is -3.18. The van der Waals surface area contributed by atoms with Crippen LogP contribution in [0.1, 0.15) is 59.3 Å². The lowest BCUT2D eigenvalue weighted by Crippen LogP contribution is -2.38. The molecule has 0 radical (unpaired) electrons. The number of nitrogens with zero attached hydrogens (tertiary/aromatic N) is 2. The van der Waals surface area contributed by atoms with Crippen LogP contribution in [0.25, 0.3) is 21.8 Å². The smallest absolute Gasteiger partial charge is 0.214 e. The molecule has 38 heavy (non-hydrogen) atoms. The van der Waals surface area contributed by atoms with E-state index in [4.69, 9.17) is 9.72 Å². The molecule has 0 fully saturated rings. The van der Waals surface area contributed by atoms with Crippen molar-refractivity contribution in [3.63, 3.8) is 0 Å². The molecule has 2 aliphatic carbocycles. The summed E-state index contributed by atoms with van der Waals surface area (Å²) in [6.45, 7) is 7.34. The van der Waals surface area contributed by atoms with Crippen LogP contribution >= 0.6 is 0 Å². The molecule has 5 nitrogen and oxygen atoms in total. The summed E-state index contributed by atoms with van der Waals surface area (Å²) in [5.41, 5.74) is 13.3. The van der Waals surface area contributed by atoms with Crippen molar-refractivity contribution in [3.05, 3.63) is 70.0 Å². The number of hydrogen-bond acceptors (Lipinski definition) is 4. The Morgan fingerprint density at radius 2 is 1.39 bits per heavy atom. The second-order valence-corrected chi connectivity index (χ2v) is 11.2. The van der Waals surface area contributed by atoms with Gasteiger partial charge in [-0.3, -0.25) is 4.98 Å². The van der Waals surface area contributed by atoms with Crippen LogP contribution in [0.5, 0.6) is 0 Å². The van der Waals surface area contributed by atoms with Crippen molar-refractivity contribution >= 4 is 33.2 Å². The van der Waals surface area contributed by atoms with E-state index in [1.165, 1.54) is 93.4 Å². The van der Waals surface area contributed by atoms with Gasteiger partial charge in [-0.05, 0) is 88.1 Å². The third kappa shape index (κ3) is 4.84. The van der Waals surface area contributed by atoms with Crippen molar-refractivity contribution in [1.29, 1.82) is 0 Å². The highest BCUT2D eigenvalue weighted by Crippen LogP contribution is 2.34. The minimum absolute atomic E-state index is 0.688. The number of rotatable bonds is 8. The molecule has 2 N–H and O–H groups in total. The largest absolute Gasteiger partial charge is 0.382 e. The molecule has 0 saturated heterocycles. The summed E-state index contributed by atoms with van der Waals surface area (Å²) in [4.78, 5) is 5.00. The average molecular weight is 510 g/mol. The van der Waals surface area contributed by atoms with Crippen molar-refractivity contribution in [2.45, 2.75) is 65.2 Å². The Morgan fingerprint density at radius 1 is 0.763 bits per heavy atom. The summed E-state index contributed by atoms with van der Waals surface area (Å²) in [5.74, 6) is 0. The van der Waals surface area contributed by atoms with E-state index in [0.29, 0.717) is 13.2 Å². The Morgan fingerprint density at radius 3 is 2.18 bits per heavy atom. The molecule has 0 saturated carbocycles. The number of hydrogen-bond donors (Lipinski definition) is 2. The van der Waals surface area contributed by atoms with Gasteiger partial charge in [-0.15, -0.1) is 0 Å². The van der Waals surface area contributed by atoms with Crippen LogP contribution in [0.2, 0.25) is 0 Å². The van der Waals surface area contributed by atoms with E-state index in [2.05, 4.69) is 72.5 Å². The van der Waals surface area contributed by atoms with Gasteiger partial charge in [0.25, 0.3) is 0 Å². The van der Waals surface area contributed by atoms with Crippen LogP contribution in [0.15, 0.2) is 36.4 Å². The summed E-state index contributed by atoms with van der Waals surface area (Å²) >= 11 is 0. The molecular formula is C33H41N4O+. The third-order valence-electron chi connectivity index (χ3n) is 8.44. The highest BCUT2D eigenvalue weighted by molar-refractivity contribution is 5.94. The predicted octanol–water partition coefficient (Wildman–Crippen LogP) is 6.13. The van der Waals surface area contributed by atoms with Crippen LogP contribution < -0.4 is 15.2 Å².